The summed E-state index contributed by atoms with van der Waals surface area (Å²) in [4.78, 5) is 21.9. The molecule has 0 aromatic carbocycles. The Labute approximate surface area is 119 Å². The van der Waals surface area contributed by atoms with Crippen LogP contribution in [0.15, 0.2) is 0 Å². The highest BCUT2D eigenvalue weighted by atomic mass is 16.4. The van der Waals surface area contributed by atoms with Crippen LogP contribution in [0.25, 0.3) is 0 Å². The molecule has 1 unspecified atom stereocenters. The Morgan fingerprint density at radius 1 is 1.20 bits per heavy atom. The zero-order chi connectivity index (χ0) is 15.4. The van der Waals surface area contributed by atoms with E-state index in [2.05, 4.69) is 24.5 Å². The maximum atomic E-state index is 11.0. The van der Waals surface area contributed by atoms with Crippen LogP contribution >= 0.6 is 0 Å². The second kappa shape index (κ2) is 6.54. The highest BCUT2D eigenvalue weighted by Crippen LogP contribution is 2.39. The number of carboxylic acids is 1. The number of aliphatic carboxylic acids is 1. The van der Waals surface area contributed by atoms with Crippen molar-refractivity contribution >= 4 is 11.9 Å². The molecule has 4 N–H and O–H groups in total. The van der Waals surface area contributed by atoms with Gasteiger partial charge in [-0.3, -0.25) is 4.79 Å². The number of amides is 1. The monoisotopic (exact) mass is 286 g/mol. The maximum Gasteiger partial charge on any atom is 0.327 e. The molecular formula is C14H26N2O4. The van der Waals surface area contributed by atoms with Gasteiger partial charge in [0.1, 0.15) is 6.04 Å². The standard InChI is InChI=1S/C14H26N2O4/c1-10(17)16-11(12(18)19)8-15-9-14(20)6-4-13(2,3)5-7-14/h11,15,20H,4-9H2,1-3H3,(H,16,17)(H,18,19). The fourth-order valence-corrected chi connectivity index (χ4v) is 2.46. The average Bonchev–Trinajstić information content (AvgIpc) is 2.32. The molecule has 0 aromatic heterocycles. The van der Waals surface area contributed by atoms with Crippen LogP contribution < -0.4 is 10.6 Å². The van der Waals surface area contributed by atoms with Crippen molar-refractivity contribution in [2.45, 2.75) is 58.1 Å². The fourth-order valence-electron chi connectivity index (χ4n) is 2.46. The van der Waals surface area contributed by atoms with Crippen molar-refractivity contribution in [3.05, 3.63) is 0 Å². The van der Waals surface area contributed by atoms with Crippen molar-refractivity contribution in [1.82, 2.24) is 10.6 Å². The molecule has 0 spiro atoms. The van der Waals surface area contributed by atoms with Crippen LogP contribution in [0, 0.1) is 5.41 Å². The van der Waals surface area contributed by atoms with Crippen LogP contribution in [0.4, 0.5) is 0 Å². The first kappa shape index (κ1) is 16.9. The summed E-state index contributed by atoms with van der Waals surface area (Å²) in [6.07, 6.45) is 3.34. The van der Waals surface area contributed by atoms with E-state index >= 15 is 0 Å². The van der Waals surface area contributed by atoms with E-state index in [1.54, 1.807) is 0 Å². The summed E-state index contributed by atoms with van der Waals surface area (Å²) in [6.45, 7) is 6.13. The lowest BCUT2D eigenvalue weighted by atomic mass is 9.71. The molecule has 20 heavy (non-hydrogen) atoms. The Balaban J connectivity index is 2.39. The van der Waals surface area contributed by atoms with E-state index < -0.39 is 17.6 Å². The summed E-state index contributed by atoms with van der Waals surface area (Å²) in [5, 5.41) is 24.7. The molecule has 6 nitrogen and oxygen atoms in total. The molecule has 1 aliphatic carbocycles. The Hall–Kier alpha value is -1.14. The SMILES string of the molecule is CC(=O)NC(CNCC1(O)CCC(C)(C)CC1)C(=O)O. The summed E-state index contributed by atoms with van der Waals surface area (Å²) >= 11 is 0. The first-order valence-corrected chi connectivity index (χ1v) is 7.07. The minimum Gasteiger partial charge on any atom is -0.480 e. The van der Waals surface area contributed by atoms with Gasteiger partial charge in [-0.25, -0.2) is 4.79 Å². The third kappa shape index (κ3) is 5.46. The summed E-state index contributed by atoms with van der Waals surface area (Å²) in [5.41, 5.74) is -0.499. The van der Waals surface area contributed by atoms with E-state index in [9.17, 15) is 14.7 Å². The molecule has 0 bridgehead atoms. The van der Waals surface area contributed by atoms with Gasteiger partial charge in [0.15, 0.2) is 0 Å². The van der Waals surface area contributed by atoms with Crippen molar-refractivity contribution in [1.29, 1.82) is 0 Å². The summed E-state index contributed by atoms with van der Waals surface area (Å²) < 4.78 is 0. The Kier molecular flexibility index (Phi) is 5.53. The van der Waals surface area contributed by atoms with E-state index in [0.29, 0.717) is 19.4 Å². The summed E-state index contributed by atoms with van der Waals surface area (Å²) in [5.74, 6) is -1.46. The molecule has 0 radical (unpaired) electrons. The van der Waals surface area contributed by atoms with Crippen LogP contribution in [-0.2, 0) is 9.59 Å². The molecule has 1 saturated carbocycles. The van der Waals surface area contributed by atoms with E-state index in [-0.39, 0.29) is 17.9 Å². The molecule has 1 rings (SSSR count). The highest BCUT2D eigenvalue weighted by molar-refractivity contribution is 5.82. The Bertz CT molecular complexity index is 358. The normalized spacial score (nSPS) is 22.0. The van der Waals surface area contributed by atoms with Gasteiger partial charge in [-0.15, -0.1) is 0 Å². The van der Waals surface area contributed by atoms with Crippen molar-refractivity contribution in [3.8, 4) is 0 Å². The van der Waals surface area contributed by atoms with E-state index in [1.165, 1.54) is 6.92 Å². The third-order valence-electron chi connectivity index (χ3n) is 4.01. The van der Waals surface area contributed by atoms with Crippen LogP contribution in [0.3, 0.4) is 0 Å². The number of hydrogen-bond donors (Lipinski definition) is 4. The summed E-state index contributed by atoms with van der Waals surface area (Å²) in [6, 6.07) is -0.962. The van der Waals surface area contributed by atoms with Gasteiger partial charge in [0, 0.05) is 20.0 Å². The molecule has 6 heteroatoms. The number of carboxylic acid groups (broad SMARTS) is 1. The van der Waals surface area contributed by atoms with Crippen molar-refractivity contribution in [3.63, 3.8) is 0 Å². The molecule has 0 heterocycles. The van der Waals surface area contributed by atoms with Gasteiger partial charge in [-0.05, 0) is 31.1 Å². The molecule has 116 valence electrons. The molecule has 1 atom stereocenters. The first-order chi connectivity index (χ1) is 9.14. The largest absolute Gasteiger partial charge is 0.480 e. The van der Waals surface area contributed by atoms with Gasteiger partial charge < -0.3 is 20.8 Å². The molecule has 1 aliphatic rings. The van der Waals surface area contributed by atoms with Crippen molar-refractivity contribution < 1.29 is 19.8 Å². The third-order valence-corrected chi connectivity index (χ3v) is 4.01. The predicted octanol–water partition coefficient (Wildman–Crippen LogP) is 0.497. The lowest BCUT2D eigenvalue weighted by Gasteiger charge is -2.40. The van der Waals surface area contributed by atoms with E-state index in [1.807, 2.05) is 0 Å². The molecule has 0 aromatic rings. The number of carbonyl (C=O) groups excluding carboxylic acids is 1. The van der Waals surface area contributed by atoms with Gasteiger partial charge >= 0.3 is 5.97 Å². The van der Waals surface area contributed by atoms with Crippen LogP contribution in [-0.4, -0.2) is 46.8 Å². The number of hydrogen-bond acceptors (Lipinski definition) is 4. The molecule has 0 saturated heterocycles. The predicted molar refractivity (Wildman–Crippen MR) is 75.3 cm³/mol. The van der Waals surface area contributed by atoms with Crippen molar-refractivity contribution in [2.24, 2.45) is 5.41 Å². The maximum absolute atomic E-state index is 11.0. The lowest BCUT2D eigenvalue weighted by Crippen LogP contribution is -2.51. The quantitative estimate of drug-likeness (QED) is 0.570. The van der Waals surface area contributed by atoms with Gasteiger partial charge in [0.25, 0.3) is 0 Å². The zero-order valence-electron chi connectivity index (χ0n) is 12.5. The van der Waals surface area contributed by atoms with Crippen LogP contribution in [0.1, 0.15) is 46.5 Å². The molecule has 1 fully saturated rings. The van der Waals surface area contributed by atoms with Gasteiger partial charge in [-0.2, -0.15) is 0 Å². The first-order valence-electron chi connectivity index (χ1n) is 7.07. The second-order valence-electron chi connectivity index (χ2n) is 6.61. The molecule has 0 aliphatic heterocycles. The zero-order valence-corrected chi connectivity index (χ0v) is 12.5. The van der Waals surface area contributed by atoms with Gasteiger partial charge in [-0.1, -0.05) is 13.8 Å². The molecular weight excluding hydrogens is 260 g/mol. The Morgan fingerprint density at radius 2 is 1.75 bits per heavy atom. The number of rotatable bonds is 6. The van der Waals surface area contributed by atoms with E-state index in [4.69, 9.17) is 5.11 Å². The minimum absolute atomic E-state index is 0.112. The van der Waals surface area contributed by atoms with Crippen LogP contribution in [0.2, 0.25) is 0 Å². The highest BCUT2D eigenvalue weighted by Gasteiger charge is 2.36. The topological polar surface area (TPSA) is 98.7 Å². The Morgan fingerprint density at radius 3 is 2.20 bits per heavy atom. The average molecular weight is 286 g/mol. The van der Waals surface area contributed by atoms with Crippen LogP contribution in [0.5, 0.6) is 0 Å². The lowest BCUT2D eigenvalue weighted by molar-refractivity contribution is -0.141. The molecule has 1 amide bonds. The summed E-state index contributed by atoms with van der Waals surface area (Å²) in [7, 11) is 0. The van der Waals surface area contributed by atoms with Gasteiger partial charge in [0.2, 0.25) is 5.91 Å². The number of nitrogens with one attached hydrogen (secondary N) is 2. The van der Waals surface area contributed by atoms with Crippen molar-refractivity contribution in [2.75, 3.05) is 13.1 Å². The number of carbonyl (C=O) groups is 2. The fraction of sp³-hybridized carbons (Fsp3) is 0.857. The smallest absolute Gasteiger partial charge is 0.327 e. The second-order valence-corrected chi connectivity index (χ2v) is 6.61. The number of aliphatic hydroxyl groups is 1. The van der Waals surface area contributed by atoms with Gasteiger partial charge in [0.05, 0.1) is 5.60 Å². The van der Waals surface area contributed by atoms with E-state index in [0.717, 1.165) is 12.8 Å². The minimum atomic E-state index is -1.08.